The second-order valence-corrected chi connectivity index (χ2v) is 3.90. The van der Waals surface area contributed by atoms with Crippen LogP contribution in [0.15, 0.2) is 36.4 Å². The highest BCUT2D eigenvalue weighted by atomic mass is 16.5. The van der Waals surface area contributed by atoms with Crippen LogP contribution in [0.25, 0.3) is 0 Å². The Hall–Kier alpha value is -1.24. The highest BCUT2D eigenvalue weighted by Crippen LogP contribution is 2.37. The Morgan fingerprint density at radius 3 is 2.77 bits per heavy atom. The van der Waals surface area contributed by atoms with Crippen LogP contribution in [0.3, 0.4) is 0 Å². The first-order chi connectivity index (χ1) is 6.12. The second kappa shape index (κ2) is 2.63. The standard InChI is InChI=1S/C12H14O/c1-9(2)12(3)8-10-6-4-5-7-11(10)13-12/h4-7H,1,8H2,2-3H3. The van der Waals surface area contributed by atoms with Gasteiger partial charge in [-0.2, -0.15) is 0 Å². The van der Waals surface area contributed by atoms with Crippen LogP contribution in [-0.4, -0.2) is 5.60 Å². The van der Waals surface area contributed by atoms with Crippen molar-refractivity contribution in [2.75, 3.05) is 0 Å². The van der Waals surface area contributed by atoms with E-state index >= 15 is 0 Å². The molecule has 0 aromatic heterocycles. The van der Waals surface area contributed by atoms with Gasteiger partial charge in [0.15, 0.2) is 0 Å². The predicted molar refractivity (Wildman–Crippen MR) is 54.0 cm³/mol. The van der Waals surface area contributed by atoms with Crippen molar-refractivity contribution in [2.45, 2.75) is 25.9 Å². The molecular weight excluding hydrogens is 160 g/mol. The van der Waals surface area contributed by atoms with Gasteiger partial charge in [0.2, 0.25) is 0 Å². The van der Waals surface area contributed by atoms with E-state index in [-0.39, 0.29) is 5.60 Å². The van der Waals surface area contributed by atoms with Crippen molar-refractivity contribution in [3.05, 3.63) is 42.0 Å². The van der Waals surface area contributed by atoms with Crippen molar-refractivity contribution in [3.63, 3.8) is 0 Å². The number of rotatable bonds is 1. The van der Waals surface area contributed by atoms with E-state index in [1.807, 2.05) is 25.1 Å². The molecule has 0 N–H and O–H groups in total. The van der Waals surface area contributed by atoms with Gasteiger partial charge in [0, 0.05) is 6.42 Å². The second-order valence-electron chi connectivity index (χ2n) is 3.90. The van der Waals surface area contributed by atoms with E-state index in [9.17, 15) is 0 Å². The molecule has 1 aromatic rings. The smallest absolute Gasteiger partial charge is 0.131 e. The van der Waals surface area contributed by atoms with E-state index < -0.39 is 0 Å². The number of benzene rings is 1. The van der Waals surface area contributed by atoms with Crippen LogP contribution in [0.2, 0.25) is 0 Å². The van der Waals surface area contributed by atoms with E-state index in [0.29, 0.717) is 0 Å². The molecule has 1 heteroatoms. The fourth-order valence-electron chi connectivity index (χ4n) is 1.63. The normalized spacial score (nSPS) is 25.1. The number of para-hydroxylation sites is 1. The Kier molecular flexibility index (Phi) is 1.69. The molecule has 0 radical (unpaired) electrons. The molecule has 0 amide bonds. The van der Waals surface area contributed by atoms with E-state index in [0.717, 1.165) is 17.7 Å². The zero-order valence-corrected chi connectivity index (χ0v) is 8.13. The van der Waals surface area contributed by atoms with Crippen LogP contribution in [0.1, 0.15) is 19.4 Å². The summed E-state index contributed by atoms with van der Waals surface area (Å²) in [4.78, 5) is 0. The molecule has 0 saturated heterocycles. The minimum absolute atomic E-state index is 0.191. The van der Waals surface area contributed by atoms with Crippen LogP contribution in [0.5, 0.6) is 5.75 Å². The van der Waals surface area contributed by atoms with Crippen molar-refractivity contribution >= 4 is 0 Å². The Balaban J connectivity index is 2.37. The molecule has 1 nitrogen and oxygen atoms in total. The molecule has 1 aliphatic heterocycles. The summed E-state index contributed by atoms with van der Waals surface area (Å²) in [6.07, 6.45) is 0.943. The number of hydrogen-bond acceptors (Lipinski definition) is 1. The summed E-state index contributed by atoms with van der Waals surface area (Å²) in [5.41, 5.74) is 2.18. The van der Waals surface area contributed by atoms with Gasteiger partial charge in [0.05, 0.1) is 0 Å². The molecule has 1 atom stereocenters. The first kappa shape index (κ1) is 8.36. The Morgan fingerprint density at radius 2 is 2.15 bits per heavy atom. The molecule has 1 aromatic carbocycles. The van der Waals surface area contributed by atoms with Crippen LogP contribution in [0.4, 0.5) is 0 Å². The molecule has 0 saturated carbocycles. The lowest BCUT2D eigenvalue weighted by atomic mass is 9.93. The Bertz CT molecular complexity index is 327. The average molecular weight is 174 g/mol. The summed E-state index contributed by atoms with van der Waals surface area (Å²) in [5.74, 6) is 1.01. The third-order valence-electron chi connectivity index (χ3n) is 2.74. The SMILES string of the molecule is C=C(C)C1(C)Cc2ccccc2O1. The molecule has 0 spiro atoms. The number of hydrogen-bond donors (Lipinski definition) is 0. The minimum Gasteiger partial charge on any atom is -0.483 e. The summed E-state index contributed by atoms with van der Waals surface area (Å²) in [6, 6.07) is 8.18. The molecule has 0 aliphatic carbocycles. The predicted octanol–water partition coefficient (Wildman–Crippen LogP) is 2.96. The van der Waals surface area contributed by atoms with E-state index in [4.69, 9.17) is 4.74 Å². The van der Waals surface area contributed by atoms with Gasteiger partial charge < -0.3 is 4.74 Å². The third-order valence-corrected chi connectivity index (χ3v) is 2.74. The van der Waals surface area contributed by atoms with Crippen LogP contribution >= 0.6 is 0 Å². The van der Waals surface area contributed by atoms with Crippen LogP contribution < -0.4 is 4.74 Å². The summed E-state index contributed by atoms with van der Waals surface area (Å²) >= 11 is 0. The van der Waals surface area contributed by atoms with Gasteiger partial charge in [0.25, 0.3) is 0 Å². The number of ether oxygens (including phenoxy) is 1. The fraction of sp³-hybridized carbons (Fsp3) is 0.333. The van der Waals surface area contributed by atoms with Crippen LogP contribution in [0, 0.1) is 0 Å². The molecule has 68 valence electrons. The first-order valence-corrected chi connectivity index (χ1v) is 4.55. The summed E-state index contributed by atoms with van der Waals surface area (Å²) in [5, 5.41) is 0. The van der Waals surface area contributed by atoms with Gasteiger partial charge in [-0.25, -0.2) is 0 Å². The van der Waals surface area contributed by atoms with Gasteiger partial charge in [0.1, 0.15) is 11.4 Å². The molecule has 2 rings (SSSR count). The van der Waals surface area contributed by atoms with E-state index in [1.165, 1.54) is 5.56 Å². The summed E-state index contributed by atoms with van der Waals surface area (Å²) in [7, 11) is 0. The van der Waals surface area contributed by atoms with Crippen molar-refractivity contribution < 1.29 is 4.74 Å². The molecule has 1 heterocycles. The van der Waals surface area contributed by atoms with Crippen LogP contribution in [-0.2, 0) is 6.42 Å². The molecule has 13 heavy (non-hydrogen) atoms. The Labute approximate surface area is 79.0 Å². The van der Waals surface area contributed by atoms with Gasteiger partial charge in [-0.15, -0.1) is 0 Å². The van der Waals surface area contributed by atoms with E-state index in [2.05, 4.69) is 19.6 Å². The van der Waals surface area contributed by atoms with Gasteiger partial charge in [-0.05, 0) is 31.1 Å². The van der Waals surface area contributed by atoms with Crippen molar-refractivity contribution in [3.8, 4) is 5.75 Å². The number of fused-ring (bicyclic) bond motifs is 1. The third kappa shape index (κ3) is 1.24. The topological polar surface area (TPSA) is 9.23 Å². The molecular formula is C12H14O. The van der Waals surface area contributed by atoms with Crippen molar-refractivity contribution in [1.82, 2.24) is 0 Å². The largest absolute Gasteiger partial charge is 0.483 e. The zero-order valence-electron chi connectivity index (χ0n) is 8.13. The lowest BCUT2D eigenvalue weighted by Crippen LogP contribution is -2.30. The maximum atomic E-state index is 5.86. The van der Waals surface area contributed by atoms with Gasteiger partial charge in [-0.1, -0.05) is 24.8 Å². The average Bonchev–Trinajstić information content (AvgIpc) is 2.42. The van der Waals surface area contributed by atoms with Gasteiger partial charge in [-0.3, -0.25) is 0 Å². The highest BCUT2D eigenvalue weighted by Gasteiger charge is 2.34. The molecule has 1 aliphatic rings. The highest BCUT2D eigenvalue weighted by molar-refractivity contribution is 5.41. The van der Waals surface area contributed by atoms with Crippen molar-refractivity contribution in [2.24, 2.45) is 0 Å². The zero-order chi connectivity index (χ0) is 9.47. The summed E-state index contributed by atoms with van der Waals surface area (Å²) < 4.78 is 5.86. The molecule has 1 unspecified atom stereocenters. The molecule has 0 bridgehead atoms. The quantitative estimate of drug-likeness (QED) is 0.595. The summed E-state index contributed by atoms with van der Waals surface area (Å²) in [6.45, 7) is 8.08. The maximum absolute atomic E-state index is 5.86. The van der Waals surface area contributed by atoms with Crippen molar-refractivity contribution in [1.29, 1.82) is 0 Å². The fourth-order valence-corrected chi connectivity index (χ4v) is 1.63. The van der Waals surface area contributed by atoms with E-state index in [1.54, 1.807) is 0 Å². The Morgan fingerprint density at radius 1 is 1.46 bits per heavy atom. The first-order valence-electron chi connectivity index (χ1n) is 4.55. The minimum atomic E-state index is -0.191. The lowest BCUT2D eigenvalue weighted by molar-refractivity contribution is 0.157. The van der Waals surface area contributed by atoms with Gasteiger partial charge >= 0.3 is 0 Å². The lowest BCUT2D eigenvalue weighted by Gasteiger charge is -2.23. The monoisotopic (exact) mass is 174 g/mol. The maximum Gasteiger partial charge on any atom is 0.131 e. The molecule has 0 fully saturated rings.